The second-order valence-corrected chi connectivity index (χ2v) is 7.44. The minimum absolute atomic E-state index is 0.0181. The van der Waals surface area contributed by atoms with Gasteiger partial charge in [-0.1, -0.05) is 54.1 Å². The number of benzene rings is 2. The standard InChI is InChI=1S/C21H23ClN4O/c1-15-19(20(22)24(2)23-15)21(27)26-12-10-25(11-13-26)14-17-8-5-7-16-6-3-4-9-18(16)17/h3-9H,10-14H2,1-2H3. The quantitative estimate of drug-likeness (QED) is 0.696. The molecule has 1 aliphatic rings. The fourth-order valence-electron chi connectivity index (χ4n) is 3.81. The highest BCUT2D eigenvalue weighted by molar-refractivity contribution is 6.33. The summed E-state index contributed by atoms with van der Waals surface area (Å²) in [5.74, 6) is -0.0181. The number of amides is 1. The van der Waals surface area contributed by atoms with Crippen LogP contribution in [0.25, 0.3) is 10.8 Å². The van der Waals surface area contributed by atoms with Crippen LogP contribution in [0, 0.1) is 6.92 Å². The van der Waals surface area contributed by atoms with Crippen LogP contribution >= 0.6 is 11.6 Å². The van der Waals surface area contributed by atoms with Crippen molar-refractivity contribution in [1.29, 1.82) is 0 Å². The summed E-state index contributed by atoms with van der Waals surface area (Å²) < 4.78 is 1.56. The van der Waals surface area contributed by atoms with E-state index >= 15 is 0 Å². The molecule has 140 valence electrons. The molecule has 0 unspecified atom stereocenters. The van der Waals surface area contributed by atoms with Crippen LogP contribution in [0.5, 0.6) is 0 Å². The second kappa shape index (κ2) is 7.33. The maximum Gasteiger partial charge on any atom is 0.258 e. The first-order valence-corrected chi connectivity index (χ1v) is 9.60. The Kier molecular flexibility index (Phi) is 4.89. The van der Waals surface area contributed by atoms with E-state index in [9.17, 15) is 4.79 Å². The van der Waals surface area contributed by atoms with Gasteiger partial charge in [-0.25, -0.2) is 0 Å². The molecule has 0 N–H and O–H groups in total. The fraction of sp³-hybridized carbons (Fsp3) is 0.333. The van der Waals surface area contributed by atoms with Crippen molar-refractivity contribution in [2.24, 2.45) is 7.05 Å². The molecule has 1 aromatic heterocycles. The van der Waals surface area contributed by atoms with Crippen LogP contribution in [0.4, 0.5) is 0 Å². The largest absolute Gasteiger partial charge is 0.336 e. The Labute approximate surface area is 164 Å². The van der Waals surface area contributed by atoms with Crippen LogP contribution in [0.3, 0.4) is 0 Å². The van der Waals surface area contributed by atoms with Crippen LogP contribution in [0.2, 0.25) is 5.15 Å². The van der Waals surface area contributed by atoms with Crippen LogP contribution in [-0.2, 0) is 13.6 Å². The van der Waals surface area contributed by atoms with E-state index in [0.29, 0.717) is 29.5 Å². The Morgan fingerprint density at radius 1 is 1.07 bits per heavy atom. The first kappa shape index (κ1) is 18.0. The van der Waals surface area contributed by atoms with Gasteiger partial charge in [-0.05, 0) is 23.3 Å². The third kappa shape index (κ3) is 3.45. The van der Waals surface area contributed by atoms with Crippen LogP contribution in [0.15, 0.2) is 42.5 Å². The van der Waals surface area contributed by atoms with Crippen molar-refractivity contribution in [3.8, 4) is 0 Å². The third-order valence-electron chi connectivity index (χ3n) is 5.30. The summed E-state index contributed by atoms with van der Waals surface area (Å²) in [6.45, 7) is 5.84. The lowest BCUT2D eigenvalue weighted by atomic mass is 10.0. The Hall–Kier alpha value is -2.37. The van der Waals surface area contributed by atoms with Gasteiger partial charge in [0.05, 0.1) is 11.3 Å². The van der Waals surface area contributed by atoms with Gasteiger partial charge in [0, 0.05) is 39.8 Å². The minimum Gasteiger partial charge on any atom is -0.336 e. The lowest BCUT2D eigenvalue weighted by molar-refractivity contribution is 0.0628. The average Bonchev–Trinajstić information content (AvgIpc) is 2.94. The molecule has 6 heteroatoms. The van der Waals surface area contributed by atoms with Gasteiger partial charge in [-0.2, -0.15) is 5.10 Å². The maximum absolute atomic E-state index is 12.9. The molecule has 0 saturated carbocycles. The number of fused-ring (bicyclic) bond motifs is 1. The molecule has 27 heavy (non-hydrogen) atoms. The third-order valence-corrected chi connectivity index (χ3v) is 5.73. The molecule has 1 saturated heterocycles. The van der Waals surface area contributed by atoms with E-state index in [1.807, 2.05) is 11.8 Å². The number of nitrogens with zero attached hydrogens (tertiary/aromatic N) is 4. The van der Waals surface area contributed by atoms with Gasteiger partial charge in [0.25, 0.3) is 5.91 Å². The van der Waals surface area contributed by atoms with Gasteiger partial charge >= 0.3 is 0 Å². The van der Waals surface area contributed by atoms with Gasteiger partial charge in [-0.3, -0.25) is 14.4 Å². The van der Waals surface area contributed by atoms with E-state index < -0.39 is 0 Å². The molecule has 2 aromatic carbocycles. The van der Waals surface area contributed by atoms with Crippen molar-refractivity contribution in [3.63, 3.8) is 0 Å². The van der Waals surface area contributed by atoms with Gasteiger partial charge < -0.3 is 4.90 Å². The molecule has 0 aliphatic carbocycles. The highest BCUT2D eigenvalue weighted by Crippen LogP contribution is 2.23. The Balaban J connectivity index is 1.44. The molecule has 1 fully saturated rings. The zero-order chi connectivity index (χ0) is 19.0. The highest BCUT2D eigenvalue weighted by Gasteiger charge is 2.27. The van der Waals surface area contributed by atoms with Crippen molar-refractivity contribution < 1.29 is 4.79 Å². The number of hydrogen-bond donors (Lipinski definition) is 0. The molecule has 1 amide bonds. The normalized spacial score (nSPS) is 15.4. The average molecular weight is 383 g/mol. The predicted octanol–water partition coefficient (Wildman–Crippen LogP) is 3.49. The van der Waals surface area contributed by atoms with E-state index in [1.165, 1.54) is 16.3 Å². The first-order chi connectivity index (χ1) is 13.0. The lowest BCUT2D eigenvalue weighted by Crippen LogP contribution is -2.48. The molecular weight excluding hydrogens is 360 g/mol. The van der Waals surface area contributed by atoms with Crippen molar-refractivity contribution in [1.82, 2.24) is 19.6 Å². The summed E-state index contributed by atoms with van der Waals surface area (Å²) in [6, 6.07) is 14.9. The van der Waals surface area contributed by atoms with E-state index in [4.69, 9.17) is 11.6 Å². The van der Waals surface area contributed by atoms with Crippen molar-refractivity contribution >= 4 is 28.3 Å². The molecule has 0 atom stereocenters. The Bertz CT molecular complexity index is 984. The summed E-state index contributed by atoms with van der Waals surface area (Å²) in [7, 11) is 1.76. The molecule has 2 heterocycles. The number of rotatable bonds is 3. The summed E-state index contributed by atoms with van der Waals surface area (Å²) in [5, 5.41) is 7.24. The van der Waals surface area contributed by atoms with Crippen LogP contribution in [0.1, 0.15) is 21.6 Å². The molecule has 1 aliphatic heterocycles. The zero-order valence-corrected chi connectivity index (χ0v) is 16.4. The van der Waals surface area contributed by atoms with E-state index in [-0.39, 0.29) is 5.91 Å². The predicted molar refractivity (Wildman–Crippen MR) is 108 cm³/mol. The maximum atomic E-state index is 12.9. The minimum atomic E-state index is -0.0181. The van der Waals surface area contributed by atoms with Crippen LogP contribution in [-0.4, -0.2) is 51.7 Å². The lowest BCUT2D eigenvalue weighted by Gasteiger charge is -2.35. The van der Waals surface area contributed by atoms with Crippen LogP contribution < -0.4 is 0 Å². The van der Waals surface area contributed by atoms with E-state index in [1.54, 1.807) is 11.7 Å². The van der Waals surface area contributed by atoms with Crippen molar-refractivity contribution in [2.45, 2.75) is 13.5 Å². The molecule has 0 spiro atoms. The van der Waals surface area contributed by atoms with Gasteiger partial charge in [0.2, 0.25) is 0 Å². The molecule has 0 bridgehead atoms. The second-order valence-electron chi connectivity index (χ2n) is 7.08. The number of carbonyl (C=O) groups is 1. The van der Waals surface area contributed by atoms with E-state index in [0.717, 1.165) is 19.6 Å². The molecule has 4 rings (SSSR count). The summed E-state index contributed by atoms with van der Waals surface area (Å²) in [5.41, 5.74) is 2.55. The number of halogens is 1. The van der Waals surface area contributed by atoms with Gasteiger partial charge in [0.1, 0.15) is 5.15 Å². The molecular formula is C21H23ClN4O. The van der Waals surface area contributed by atoms with Crippen molar-refractivity contribution in [2.75, 3.05) is 26.2 Å². The fourth-order valence-corrected chi connectivity index (χ4v) is 4.07. The number of aromatic nitrogens is 2. The number of piperazine rings is 1. The monoisotopic (exact) mass is 382 g/mol. The zero-order valence-electron chi connectivity index (χ0n) is 15.7. The first-order valence-electron chi connectivity index (χ1n) is 9.22. The Morgan fingerprint density at radius 3 is 2.48 bits per heavy atom. The summed E-state index contributed by atoms with van der Waals surface area (Å²) >= 11 is 6.26. The van der Waals surface area contributed by atoms with Crippen molar-refractivity contribution in [3.05, 3.63) is 64.4 Å². The number of aryl methyl sites for hydroxylation is 2. The van der Waals surface area contributed by atoms with Gasteiger partial charge in [-0.15, -0.1) is 0 Å². The topological polar surface area (TPSA) is 41.4 Å². The number of carbonyl (C=O) groups excluding carboxylic acids is 1. The summed E-state index contributed by atoms with van der Waals surface area (Å²) in [6.07, 6.45) is 0. The molecule has 3 aromatic rings. The molecule has 5 nitrogen and oxygen atoms in total. The SMILES string of the molecule is Cc1nn(C)c(Cl)c1C(=O)N1CCN(Cc2cccc3ccccc23)CC1. The number of hydrogen-bond acceptors (Lipinski definition) is 3. The molecule has 0 radical (unpaired) electrons. The Morgan fingerprint density at radius 2 is 1.78 bits per heavy atom. The summed E-state index contributed by atoms with van der Waals surface area (Å²) in [4.78, 5) is 17.2. The van der Waals surface area contributed by atoms with E-state index in [2.05, 4.69) is 52.5 Å². The van der Waals surface area contributed by atoms with Gasteiger partial charge in [0.15, 0.2) is 0 Å². The smallest absolute Gasteiger partial charge is 0.258 e. The highest BCUT2D eigenvalue weighted by atomic mass is 35.5.